The molecular weight excluding hydrogens is 273 g/mol. The topological polar surface area (TPSA) is 67.8 Å². The van der Waals surface area contributed by atoms with Crippen LogP contribution < -0.4 is 5.73 Å². The van der Waals surface area contributed by atoms with Crippen molar-refractivity contribution in [3.05, 3.63) is 35.4 Å². The Bertz CT molecular complexity index is 513. The first-order valence-electron chi connectivity index (χ1n) is 6.12. The first kappa shape index (κ1) is 14.8. The molecular formula is C13H15F3N2O2. The van der Waals surface area contributed by atoms with Crippen LogP contribution in [0.25, 0.3) is 0 Å². The first-order valence-corrected chi connectivity index (χ1v) is 6.12. The minimum atomic E-state index is -4.94. The normalized spacial score (nSPS) is 26.3. The van der Waals surface area contributed by atoms with Gasteiger partial charge in [0.05, 0.1) is 11.6 Å². The Morgan fingerprint density at radius 3 is 2.45 bits per heavy atom. The van der Waals surface area contributed by atoms with Gasteiger partial charge in [-0.3, -0.25) is 0 Å². The molecule has 0 saturated heterocycles. The van der Waals surface area contributed by atoms with E-state index in [9.17, 15) is 18.3 Å². The molecule has 4 nitrogen and oxygen atoms in total. The quantitative estimate of drug-likeness (QED) is 0.893. The fourth-order valence-corrected chi connectivity index (χ4v) is 2.16. The van der Waals surface area contributed by atoms with Gasteiger partial charge in [-0.05, 0) is 25.5 Å². The lowest BCUT2D eigenvalue weighted by atomic mass is 9.86. The molecule has 0 radical (unpaired) electrons. The smallest absolute Gasteiger partial charge is 0.349 e. The van der Waals surface area contributed by atoms with Crippen LogP contribution >= 0.6 is 0 Å². The predicted molar refractivity (Wildman–Crippen MR) is 67.0 cm³/mol. The van der Waals surface area contributed by atoms with Crippen molar-refractivity contribution in [2.75, 3.05) is 6.54 Å². The molecule has 0 aliphatic carbocycles. The number of aliphatic hydroxyl groups is 1. The van der Waals surface area contributed by atoms with E-state index < -0.39 is 17.9 Å². The van der Waals surface area contributed by atoms with Crippen LogP contribution in [0.5, 0.6) is 0 Å². The van der Waals surface area contributed by atoms with E-state index in [1.165, 1.54) is 0 Å². The lowest BCUT2D eigenvalue weighted by Gasteiger charge is -2.29. The van der Waals surface area contributed by atoms with Gasteiger partial charge in [-0.15, -0.1) is 0 Å². The van der Waals surface area contributed by atoms with Crippen LogP contribution in [0.3, 0.4) is 0 Å². The summed E-state index contributed by atoms with van der Waals surface area (Å²) in [6.07, 6.45) is -5.02. The summed E-state index contributed by atoms with van der Waals surface area (Å²) in [5.74, 6) is -4.65. The third-order valence-corrected chi connectivity index (χ3v) is 3.29. The van der Waals surface area contributed by atoms with E-state index in [0.29, 0.717) is 5.56 Å². The van der Waals surface area contributed by atoms with E-state index in [0.717, 1.165) is 5.56 Å². The van der Waals surface area contributed by atoms with Crippen LogP contribution in [0.15, 0.2) is 29.4 Å². The van der Waals surface area contributed by atoms with Crippen LogP contribution in [-0.4, -0.2) is 29.3 Å². The highest BCUT2D eigenvalue weighted by molar-refractivity contribution is 6.03. The Morgan fingerprint density at radius 1 is 1.35 bits per heavy atom. The summed E-state index contributed by atoms with van der Waals surface area (Å²) in [7, 11) is 0. The third-order valence-electron chi connectivity index (χ3n) is 3.29. The van der Waals surface area contributed by atoms with Gasteiger partial charge in [-0.2, -0.15) is 13.2 Å². The highest BCUT2D eigenvalue weighted by Gasteiger charge is 2.66. The number of halogens is 3. The average Bonchev–Trinajstić information content (AvgIpc) is 2.70. The Balaban J connectivity index is 2.37. The summed E-state index contributed by atoms with van der Waals surface area (Å²) < 4.78 is 38.9. The molecule has 0 spiro atoms. The van der Waals surface area contributed by atoms with E-state index in [-0.39, 0.29) is 18.7 Å². The van der Waals surface area contributed by atoms with Crippen LogP contribution in [0.2, 0.25) is 0 Å². The summed E-state index contributed by atoms with van der Waals surface area (Å²) in [6.45, 7) is 1.84. The molecule has 2 atom stereocenters. The molecule has 0 saturated carbocycles. The zero-order valence-corrected chi connectivity index (χ0v) is 10.8. The zero-order chi connectivity index (χ0) is 15.0. The largest absolute Gasteiger partial charge is 0.458 e. The minimum Gasteiger partial charge on any atom is -0.349 e. The van der Waals surface area contributed by atoms with Gasteiger partial charge in [0, 0.05) is 0 Å². The van der Waals surface area contributed by atoms with Crippen molar-refractivity contribution in [1.29, 1.82) is 0 Å². The molecule has 0 fully saturated rings. The fourth-order valence-electron chi connectivity index (χ4n) is 2.16. The van der Waals surface area contributed by atoms with Crippen molar-refractivity contribution < 1.29 is 23.1 Å². The summed E-state index contributed by atoms with van der Waals surface area (Å²) >= 11 is 0. The van der Waals surface area contributed by atoms with Crippen LogP contribution in [0.1, 0.15) is 17.5 Å². The number of alkyl halides is 3. The molecule has 7 heteroatoms. The molecule has 2 rings (SSSR count). The minimum absolute atomic E-state index is 0.0166. The van der Waals surface area contributed by atoms with E-state index in [1.54, 1.807) is 24.3 Å². The van der Waals surface area contributed by atoms with E-state index in [4.69, 9.17) is 5.73 Å². The second-order valence-electron chi connectivity index (χ2n) is 4.76. The molecule has 0 unspecified atom stereocenters. The number of aryl methyl sites for hydroxylation is 1. The van der Waals surface area contributed by atoms with Crippen molar-refractivity contribution in [2.24, 2.45) is 16.8 Å². The van der Waals surface area contributed by atoms with Gasteiger partial charge in [0.2, 0.25) is 0 Å². The molecule has 1 aromatic rings. The van der Waals surface area contributed by atoms with Crippen molar-refractivity contribution >= 4 is 5.71 Å². The highest BCUT2D eigenvalue weighted by Crippen LogP contribution is 2.44. The Labute approximate surface area is 114 Å². The second kappa shape index (κ2) is 5.06. The molecule has 3 N–H and O–H groups in total. The maximum Gasteiger partial charge on any atom is 0.458 e. The maximum absolute atomic E-state index is 13.0. The lowest BCUT2D eigenvalue weighted by molar-refractivity contribution is -0.370. The van der Waals surface area contributed by atoms with Crippen LogP contribution in [-0.2, 0) is 4.84 Å². The van der Waals surface area contributed by atoms with Crippen molar-refractivity contribution in [2.45, 2.75) is 25.3 Å². The van der Waals surface area contributed by atoms with Gasteiger partial charge in [-0.25, -0.2) is 0 Å². The number of hydrogen-bond acceptors (Lipinski definition) is 4. The highest BCUT2D eigenvalue weighted by atomic mass is 19.4. The van der Waals surface area contributed by atoms with Crippen molar-refractivity contribution in [3.63, 3.8) is 0 Å². The van der Waals surface area contributed by atoms with Gasteiger partial charge < -0.3 is 15.7 Å². The Morgan fingerprint density at radius 2 is 1.95 bits per heavy atom. The van der Waals surface area contributed by atoms with Gasteiger partial charge >= 0.3 is 12.0 Å². The average molecular weight is 288 g/mol. The summed E-state index contributed by atoms with van der Waals surface area (Å²) in [6, 6.07) is 6.79. The molecule has 1 heterocycles. The number of hydrogen-bond donors (Lipinski definition) is 2. The van der Waals surface area contributed by atoms with E-state index in [2.05, 4.69) is 9.99 Å². The molecule has 1 aliphatic rings. The maximum atomic E-state index is 13.0. The Kier molecular flexibility index (Phi) is 3.75. The summed E-state index contributed by atoms with van der Waals surface area (Å²) in [5, 5.41) is 13.2. The lowest BCUT2D eigenvalue weighted by Crippen LogP contribution is -2.52. The van der Waals surface area contributed by atoms with E-state index in [1.807, 2.05) is 6.92 Å². The van der Waals surface area contributed by atoms with Crippen LogP contribution in [0, 0.1) is 12.8 Å². The van der Waals surface area contributed by atoms with Gasteiger partial charge in [0.1, 0.15) is 0 Å². The second-order valence-corrected chi connectivity index (χ2v) is 4.76. The number of rotatable bonds is 3. The standard InChI is InChI=1S/C13H15F3N2O2/c1-8-2-4-9(5-3-8)11-10(6-7-17)12(19,20-18-11)13(14,15)16/h2-5,10,19H,6-7,17H2,1H3/t10-,12-/m0/s1. The van der Waals surface area contributed by atoms with Crippen LogP contribution in [0.4, 0.5) is 13.2 Å². The van der Waals surface area contributed by atoms with Crippen molar-refractivity contribution in [3.8, 4) is 0 Å². The number of nitrogens with zero attached hydrogens (tertiary/aromatic N) is 1. The molecule has 110 valence electrons. The Hall–Kier alpha value is -1.60. The molecule has 0 amide bonds. The first-order chi connectivity index (χ1) is 9.29. The summed E-state index contributed by atoms with van der Waals surface area (Å²) in [4.78, 5) is 4.33. The fraction of sp³-hybridized carbons (Fsp3) is 0.462. The number of oxime groups is 1. The number of benzene rings is 1. The molecule has 1 aliphatic heterocycles. The van der Waals surface area contributed by atoms with Gasteiger partial charge in [0.25, 0.3) is 0 Å². The van der Waals surface area contributed by atoms with Gasteiger partial charge in [-0.1, -0.05) is 35.0 Å². The molecule has 0 bridgehead atoms. The number of nitrogens with two attached hydrogens (primary N) is 1. The molecule has 0 aromatic heterocycles. The molecule has 1 aromatic carbocycles. The molecule has 20 heavy (non-hydrogen) atoms. The predicted octanol–water partition coefficient (Wildman–Crippen LogP) is 1.95. The van der Waals surface area contributed by atoms with Crippen molar-refractivity contribution in [1.82, 2.24) is 0 Å². The van der Waals surface area contributed by atoms with E-state index >= 15 is 0 Å². The third kappa shape index (κ3) is 2.38. The summed E-state index contributed by atoms with van der Waals surface area (Å²) in [5.41, 5.74) is 6.86. The zero-order valence-electron chi connectivity index (χ0n) is 10.8. The van der Waals surface area contributed by atoms with Gasteiger partial charge in [0.15, 0.2) is 0 Å². The SMILES string of the molecule is Cc1ccc(C2=NO[C@](O)(C(F)(F)F)[C@H]2CCN)cc1. The monoisotopic (exact) mass is 288 g/mol.